The van der Waals surface area contributed by atoms with E-state index in [1.54, 1.807) is 12.1 Å². The highest BCUT2D eigenvalue weighted by molar-refractivity contribution is 5.98. The predicted octanol–water partition coefficient (Wildman–Crippen LogP) is 2.22. The predicted molar refractivity (Wildman–Crippen MR) is 79.6 cm³/mol. The van der Waals surface area contributed by atoms with E-state index in [0.717, 1.165) is 22.0 Å². The number of fused-ring (bicyclic) bond motifs is 1. The van der Waals surface area contributed by atoms with Crippen LogP contribution in [0.5, 0.6) is 0 Å². The molecule has 21 heavy (non-hydrogen) atoms. The Kier molecular flexibility index (Phi) is 3.90. The number of nitrogens with zero attached hydrogens (tertiary/aromatic N) is 1. The van der Waals surface area contributed by atoms with Gasteiger partial charge in [-0.15, -0.1) is 0 Å². The van der Waals surface area contributed by atoms with E-state index in [9.17, 15) is 9.59 Å². The number of aryl methyl sites for hydroxylation is 2. The normalized spacial score (nSPS) is 11.2. The molecular weight excluding hydrogens is 268 g/mol. The number of rotatable bonds is 2. The molecule has 2 aromatic rings. The first-order valence-corrected chi connectivity index (χ1v) is 6.31. The van der Waals surface area contributed by atoms with Crippen molar-refractivity contribution < 1.29 is 9.53 Å². The van der Waals surface area contributed by atoms with Gasteiger partial charge in [0.2, 0.25) is 0 Å². The summed E-state index contributed by atoms with van der Waals surface area (Å²) in [5.41, 5.74) is 2.50. The number of esters is 1. The van der Waals surface area contributed by atoms with Gasteiger partial charge in [-0.05, 0) is 42.5 Å². The Morgan fingerprint density at radius 2 is 2.10 bits per heavy atom. The summed E-state index contributed by atoms with van der Waals surface area (Å²) >= 11 is 0. The summed E-state index contributed by atoms with van der Waals surface area (Å²) in [6.45, 7) is 3.89. The molecule has 0 aliphatic rings. The zero-order valence-corrected chi connectivity index (χ0v) is 12.0. The number of H-pyrrole nitrogens is 1. The highest BCUT2D eigenvalue weighted by Crippen LogP contribution is 2.19. The molecule has 0 radical (unpaired) electrons. The lowest BCUT2D eigenvalue weighted by Crippen LogP contribution is -2.11. The van der Waals surface area contributed by atoms with Crippen molar-refractivity contribution in [1.82, 2.24) is 4.98 Å². The van der Waals surface area contributed by atoms with E-state index in [-0.39, 0.29) is 16.7 Å². The highest BCUT2D eigenvalue weighted by Gasteiger charge is 2.11. The van der Waals surface area contributed by atoms with Gasteiger partial charge in [0.05, 0.1) is 12.6 Å². The second-order valence-electron chi connectivity index (χ2n) is 4.69. The summed E-state index contributed by atoms with van der Waals surface area (Å²) < 4.78 is 4.50. The van der Waals surface area contributed by atoms with Gasteiger partial charge in [0.15, 0.2) is 0 Å². The number of hydrogen-bond acceptors (Lipinski definition) is 4. The van der Waals surface area contributed by atoms with Crippen molar-refractivity contribution in [3.05, 3.63) is 50.8 Å². The van der Waals surface area contributed by atoms with E-state index in [1.807, 2.05) is 26.0 Å². The number of benzene rings is 1. The number of carbonyl (C=O) groups is 1. The highest BCUT2D eigenvalue weighted by atomic mass is 16.5. The number of carbonyl (C=O) groups excluding carboxylic acids is 1. The fraction of sp³-hybridized carbons (Fsp3) is 0.188. The summed E-state index contributed by atoms with van der Waals surface area (Å²) in [5, 5.41) is 9.78. The molecule has 0 atom stereocenters. The van der Waals surface area contributed by atoms with E-state index in [1.165, 1.54) is 13.2 Å². The van der Waals surface area contributed by atoms with Crippen molar-refractivity contribution in [1.29, 1.82) is 5.26 Å². The molecule has 0 spiro atoms. The van der Waals surface area contributed by atoms with Gasteiger partial charge in [-0.2, -0.15) is 5.26 Å². The maximum atomic E-state index is 12.1. The molecule has 0 aliphatic heterocycles. The number of nitrogens with one attached hydrogen (secondary N) is 1. The topological polar surface area (TPSA) is 82.9 Å². The zero-order chi connectivity index (χ0) is 15.6. The molecule has 5 nitrogen and oxygen atoms in total. The molecule has 0 unspecified atom stereocenters. The van der Waals surface area contributed by atoms with Crippen LogP contribution < -0.4 is 5.56 Å². The minimum absolute atomic E-state index is 0.216. The van der Waals surface area contributed by atoms with Crippen LogP contribution in [0.3, 0.4) is 0 Å². The van der Waals surface area contributed by atoms with Gasteiger partial charge in [0.25, 0.3) is 5.56 Å². The van der Waals surface area contributed by atoms with Crippen LogP contribution >= 0.6 is 0 Å². The first kappa shape index (κ1) is 14.5. The molecule has 1 heterocycles. The second-order valence-corrected chi connectivity index (χ2v) is 4.69. The molecule has 1 aromatic heterocycles. The maximum absolute atomic E-state index is 12.1. The van der Waals surface area contributed by atoms with Gasteiger partial charge in [0.1, 0.15) is 11.6 Å². The Bertz CT molecular complexity index is 854. The smallest absolute Gasteiger partial charge is 0.348 e. The SMILES string of the molecule is COC(=O)C(C#N)=Cc1cc2ccc(C)c(C)c2[nH]c1=O. The molecule has 0 saturated carbocycles. The Morgan fingerprint density at radius 3 is 2.71 bits per heavy atom. The van der Waals surface area contributed by atoms with Gasteiger partial charge in [-0.3, -0.25) is 4.79 Å². The molecule has 5 heteroatoms. The van der Waals surface area contributed by atoms with Crippen molar-refractivity contribution in [3.63, 3.8) is 0 Å². The van der Waals surface area contributed by atoms with E-state index >= 15 is 0 Å². The molecule has 0 fully saturated rings. The Balaban J connectivity index is 2.68. The summed E-state index contributed by atoms with van der Waals surface area (Å²) in [6, 6.07) is 7.22. The maximum Gasteiger partial charge on any atom is 0.348 e. The molecule has 106 valence electrons. The monoisotopic (exact) mass is 282 g/mol. The molecular formula is C16H14N2O3. The van der Waals surface area contributed by atoms with E-state index < -0.39 is 5.97 Å². The van der Waals surface area contributed by atoms with Crippen LogP contribution in [0.4, 0.5) is 0 Å². The van der Waals surface area contributed by atoms with Crippen LogP contribution in [0, 0.1) is 25.2 Å². The second kappa shape index (κ2) is 5.63. The molecule has 0 aliphatic carbocycles. The fourth-order valence-electron chi connectivity index (χ4n) is 2.05. The van der Waals surface area contributed by atoms with Crippen molar-refractivity contribution in [2.75, 3.05) is 7.11 Å². The van der Waals surface area contributed by atoms with Gasteiger partial charge in [-0.1, -0.05) is 12.1 Å². The number of aromatic nitrogens is 1. The Hall–Kier alpha value is -2.87. The average molecular weight is 282 g/mol. The minimum atomic E-state index is -0.767. The van der Waals surface area contributed by atoms with Crippen LogP contribution in [0.25, 0.3) is 17.0 Å². The van der Waals surface area contributed by atoms with Gasteiger partial charge >= 0.3 is 5.97 Å². The Labute approximate surface area is 121 Å². The minimum Gasteiger partial charge on any atom is -0.465 e. The number of aromatic amines is 1. The standard InChI is InChI=1S/C16H14N2O3/c1-9-4-5-11-6-12(7-13(8-17)16(20)21-3)15(19)18-14(11)10(9)2/h4-7H,1-3H3,(H,18,19). The third kappa shape index (κ3) is 2.70. The first-order valence-electron chi connectivity index (χ1n) is 6.31. The van der Waals surface area contributed by atoms with E-state index in [4.69, 9.17) is 5.26 Å². The van der Waals surface area contributed by atoms with Crippen molar-refractivity contribution in [2.24, 2.45) is 0 Å². The van der Waals surface area contributed by atoms with Gasteiger partial charge < -0.3 is 9.72 Å². The fourth-order valence-corrected chi connectivity index (χ4v) is 2.05. The molecule has 2 rings (SSSR count). The van der Waals surface area contributed by atoms with Crippen molar-refractivity contribution in [2.45, 2.75) is 13.8 Å². The lowest BCUT2D eigenvalue weighted by molar-refractivity contribution is -0.135. The summed E-state index contributed by atoms with van der Waals surface area (Å²) in [5.74, 6) is -0.767. The van der Waals surface area contributed by atoms with E-state index in [0.29, 0.717) is 0 Å². The molecule has 0 bridgehead atoms. The zero-order valence-electron chi connectivity index (χ0n) is 12.0. The summed E-state index contributed by atoms with van der Waals surface area (Å²) in [6.07, 6.45) is 1.24. The van der Waals surface area contributed by atoms with Crippen LogP contribution in [0.1, 0.15) is 16.7 Å². The summed E-state index contributed by atoms with van der Waals surface area (Å²) in [7, 11) is 1.18. The number of nitriles is 1. The Morgan fingerprint density at radius 1 is 1.38 bits per heavy atom. The third-order valence-electron chi connectivity index (χ3n) is 3.41. The first-order chi connectivity index (χ1) is 9.97. The van der Waals surface area contributed by atoms with Crippen LogP contribution in [0.2, 0.25) is 0 Å². The van der Waals surface area contributed by atoms with Crippen molar-refractivity contribution >= 4 is 22.9 Å². The number of pyridine rings is 1. The summed E-state index contributed by atoms with van der Waals surface area (Å²) in [4.78, 5) is 26.3. The lowest BCUT2D eigenvalue weighted by Gasteiger charge is -2.06. The lowest BCUT2D eigenvalue weighted by atomic mass is 10.0. The van der Waals surface area contributed by atoms with E-state index in [2.05, 4.69) is 9.72 Å². The quantitative estimate of drug-likeness (QED) is 0.520. The number of methoxy groups -OCH3 is 1. The van der Waals surface area contributed by atoms with Gasteiger partial charge in [0, 0.05) is 5.56 Å². The number of hydrogen-bond donors (Lipinski definition) is 1. The van der Waals surface area contributed by atoms with Crippen LogP contribution in [-0.2, 0) is 9.53 Å². The largest absolute Gasteiger partial charge is 0.465 e. The molecule has 1 N–H and O–H groups in total. The van der Waals surface area contributed by atoms with Crippen LogP contribution in [0.15, 0.2) is 28.6 Å². The van der Waals surface area contributed by atoms with Crippen molar-refractivity contribution in [3.8, 4) is 6.07 Å². The van der Waals surface area contributed by atoms with Crippen LogP contribution in [-0.4, -0.2) is 18.1 Å². The molecule has 1 aromatic carbocycles. The van der Waals surface area contributed by atoms with Gasteiger partial charge in [-0.25, -0.2) is 4.79 Å². The molecule has 0 amide bonds. The third-order valence-corrected chi connectivity index (χ3v) is 3.41. The average Bonchev–Trinajstić information content (AvgIpc) is 2.49. The molecule has 0 saturated heterocycles. The number of ether oxygens (including phenoxy) is 1.